The average molecular weight is 2430 g/mol. The summed E-state index contributed by atoms with van der Waals surface area (Å²) in [5, 5.41) is 0. The van der Waals surface area contributed by atoms with E-state index in [1.807, 2.05) is 212 Å². The van der Waals surface area contributed by atoms with E-state index in [4.69, 9.17) is 8.22 Å². The third-order valence-electron chi connectivity index (χ3n) is 19.6. The van der Waals surface area contributed by atoms with Crippen LogP contribution in [0.2, 0.25) is 0 Å². The van der Waals surface area contributed by atoms with Crippen molar-refractivity contribution in [3.05, 3.63) is 532 Å². The van der Waals surface area contributed by atoms with Crippen LogP contribution in [-0.2, 0) is 84.3 Å². The molecule has 16 aromatic carbocycles. The van der Waals surface area contributed by atoms with Crippen LogP contribution in [0.4, 0.5) is 0 Å². The zero-order valence-electron chi connectivity index (χ0n) is 78.8. The van der Waals surface area contributed by atoms with E-state index in [-0.39, 0.29) is 95.4 Å². The second-order valence-corrected chi connectivity index (χ2v) is 29.3. The molecule has 4 aromatic heterocycles. The normalized spacial score (nSPS) is 10.8. The van der Waals surface area contributed by atoms with Crippen molar-refractivity contribution < 1.29 is 92.5 Å². The molecular weight excluding hydrogens is 2330 g/mol. The van der Waals surface area contributed by atoms with Crippen LogP contribution in [0.25, 0.3) is 134 Å². The molecule has 20 rings (SSSR count). The molecule has 0 atom stereocenters. The van der Waals surface area contributed by atoms with Crippen LogP contribution in [0.15, 0.2) is 426 Å². The number of nitrogens with zero attached hydrogens (tertiary/aromatic N) is 8. The van der Waals surface area contributed by atoms with E-state index in [1.165, 1.54) is 75.9 Å². The van der Waals surface area contributed by atoms with Crippen molar-refractivity contribution in [2.24, 2.45) is 0 Å². The number of benzene rings is 16. The van der Waals surface area contributed by atoms with Crippen LogP contribution in [0, 0.1) is 107 Å². The molecule has 8 nitrogen and oxygen atoms in total. The van der Waals surface area contributed by atoms with Crippen LogP contribution in [0.1, 0.15) is 61.4 Å². The van der Waals surface area contributed by atoms with Gasteiger partial charge in [-0.05, 0) is 65.8 Å². The first-order valence-corrected chi connectivity index (χ1v) is 41.6. The van der Waals surface area contributed by atoms with Gasteiger partial charge in [-0.2, -0.15) is 188 Å². The van der Waals surface area contributed by atoms with Crippen LogP contribution in [0.5, 0.6) is 0 Å². The van der Waals surface area contributed by atoms with E-state index in [2.05, 4.69) is 287 Å². The molecule has 0 bridgehead atoms. The molecule has 0 radical (unpaired) electrons. The maximum atomic E-state index is 7.29. The number of hydrogen-bond acceptors (Lipinski definition) is 8. The molecule has 4 heterocycles. The summed E-state index contributed by atoms with van der Waals surface area (Å²) in [7, 11) is 0. The Kier molecular flexibility index (Phi) is 39.3. The molecule has 0 saturated heterocycles. The molecule has 0 aliphatic carbocycles. The summed E-state index contributed by atoms with van der Waals surface area (Å²) in [5.74, 6) is 0.565. The van der Waals surface area contributed by atoms with Crippen molar-refractivity contribution >= 4 is 0 Å². The van der Waals surface area contributed by atoms with Crippen LogP contribution in [-0.4, -0.2) is 39.9 Å². The largest absolute Gasteiger partial charge is 0.286 e. The van der Waals surface area contributed by atoms with Crippen molar-refractivity contribution in [3.8, 4) is 134 Å². The van der Waals surface area contributed by atoms with Gasteiger partial charge in [0.2, 0.25) is 0 Å². The standard InChI is InChI=1S/C23H17N2.C19H14.C17H13N2.C15H14.C14H12.C12H8.2C10H7N2.4Pt/c1-17-10-12-19(13-11-17)22-15-23(25-16-24-22)21-9-5-8-20(14-21)18-6-3-2-4-7-18;1-15-10-12-17(13-11-15)19-9-5-8-18(14-19)16-6-3-2-4-7-16;1-13-7-9-15(10-8-13)17-11-16(18-12-19-17)14-5-3-2-4-6-14;1-12(2)13-8-10-15(11-9-13)14-6-4-3-5-7-14;1-11-3-7-13(8-4-11)14-9-5-12(2)6-10-14;1-3-7-11(8-4-1)12-9-5-2-6-10-12;2*1-2-4-9(5-3-1)10-6-7-11-8-12-10;;;;/h2-8,10-16H,1H3;2-6,9-14H,1H3;2-5,7-12H,1H3;3-6,8-10,12H,1-2H3;3-7,9H,1-2H3;1-7,9H;2*1-4,6-8H;;;;/q-1;-2;-1;3*-2;2*-1;;;;/i;;;;1D3,2D3;;;;;;;. The van der Waals surface area contributed by atoms with Gasteiger partial charge in [0.25, 0.3) is 0 Å². The summed E-state index contributed by atoms with van der Waals surface area (Å²) in [6.07, 6.45) is 9.75. The smallest absolute Gasteiger partial charge is 0.106 e. The summed E-state index contributed by atoms with van der Waals surface area (Å²) >= 11 is 0. The number of aryl methyl sites for hydroxylation is 5. The summed E-state index contributed by atoms with van der Waals surface area (Å²) in [5.41, 5.74) is 29.8. The van der Waals surface area contributed by atoms with E-state index in [1.54, 1.807) is 37.2 Å². The summed E-state index contributed by atoms with van der Waals surface area (Å²) < 4.78 is 43.7. The van der Waals surface area contributed by atoms with Gasteiger partial charge in [0, 0.05) is 105 Å². The van der Waals surface area contributed by atoms with E-state index in [9.17, 15) is 0 Å². The van der Waals surface area contributed by atoms with Crippen LogP contribution >= 0.6 is 0 Å². The molecule has 0 unspecified atom stereocenters. The molecule has 0 aliphatic rings. The molecule has 0 saturated carbocycles. The monoisotopic (exact) mass is 2430 g/mol. The summed E-state index contributed by atoms with van der Waals surface area (Å²) in [6.45, 7) is 6.35. The third kappa shape index (κ3) is 32.6. The Bertz CT molecular complexity index is 6380. The van der Waals surface area contributed by atoms with Gasteiger partial charge in [-0.3, -0.25) is 19.9 Å². The van der Waals surface area contributed by atoms with Crippen molar-refractivity contribution in [2.75, 3.05) is 0 Å². The molecule has 0 spiro atoms. The molecule has 0 amide bonds. The summed E-state index contributed by atoms with van der Waals surface area (Å²) in [4.78, 5) is 33.4. The third-order valence-corrected chi connectivity index (χ3v) is 19.6. The maximum absolute atomic E-state index is 7.29. The van der Waals surface area contributed by atoms with Gasteiger partial charge in [0.15, 0.2) is 0 Å². The minimum absolute atomic E-state index is 0. The number of hydrogen-bond donors (Lipinski definition) is 0. The Balaban J connectivity index is 0.000000178. The molecule has 0 aliphatic heterocycles. The van der Waals surface area contributed by atoms with Crippen molar-refractivity contribution in [3.63, 3.8) is 0 Å². The van der Waals surface area contributed by atoms with Gasteiger partial charge < -0.3 is 0 Å². The number of aromatic nitrogens is 8. The Morgan fingerprint density at radius 3 is 0.848 bits per heavy atom. The molecule has 0 N–H and O–H groups in total. The first-order valence-electron chi connectivity index (χ1n) is 44.6. The second kappa shape index (κ2) is 55.6. The minimum atomic E-state index is -2.15. The zero-order valence-corrected chi connectivity index (χ0v) is 81.9. The zero-order chi connectivity index (χ0) is 93.5. The first kappa shape index (κ1) is 93.3. The topological polar surface area (TPSA) is 103 Å². The molecule has 12 heteroatoms. The molecular formula is C120H92N8Pt4-12. The minimum Gasteiger partial charge on any atom is -0.286 e. The second-order valence-electron chi connectivity index (χ2n) is 29.3. The van der Waals surface area contributed by atoms with E-state index in [0.29, 0.717) is 17.0 Å². The van der Waals surface area contributed by atoms with Gasteiger partial charge in [-0.1, -0.05) is 178 Å². The Hall–Kier alpha value is -13.4. The van der Waals surface area contributed by atoms with E-state index >= 15 is 0 Å². The summed E-state index contributed by atoms with van der Waals surface area (Å²) in [6, 6.07) is 164. The van der Waals surface area contributed by atoms with Crippen LogP contribution < -0.4 is 0 Å². The Labute approximate surface area is 845 Å². The van der Waals surface area contributed by atoms with Gasteiger partial charge in [0.1, 0.15) is 25.3 Å². The van der Waals surface area contributed by atoms with Gasteiger partial charge in [-0.15, -0.1) is 196 Å². The van der Waals surface area contributed by atoms with Crippen LogP contribution in [0.3, 0.4) is 0 Å². The molecule has 0 fully saturated rings. The maximum Gasteiger partial charge on any atom is 0.106 e. The SMILES string of the molecule is CC(C)c1c[c-]c(-c2[c-]cccc2)cc1.Cc1ccc(-c2cc(-c3[c-]ccc(-c4ccccc4)c3)ncn2)cc1.Cc1ccc(-c2cc(-c3[c-]cccc3)ncn2)cc1.Cc1ccc(-c2cc[c-]c(-c3[c-]cccc3)c2)cc1.[2H]C([2H])([2H])c1c[c-]c(-c2[c-]cc(C([2H])([2H])[2H])cc2)cc1.[Pt].[Pt].[Pt].[Pt].[c-]1ccccc1-c1[c-]cccc1.[c-]1ccccc1-c1ccncn1.[c-]1ccccc1-c1ccncn1. The predicted octanol–water partition coefficient (Wildman–Crippen LogP) is 28.9. The Morgan fingerprint density at radius 2 is 0.508 bits per heavy atom. The first-order chi connectivity index (χ1) is 65.3. The van der Waals surface area contributed by atoms with Crippen molar-refractivity contribution in [1.82, 2.24) is 39.9 Å². The van der Waals surface area contributed by atoms with Crippen molar-refractivity contribution in [1.29, 1.82) is 0 Å². The molecule has 132 heavy (non-hydrogen) atoms. The fourth-order valence-corrected chi connectivity index (χ4v) is 12.7. The molecule has 664 valence electrons. The van der Waals surface area contributed by atoms with Gasteiger partial charge in [-0.25, -0.2) is 64.4 Å². The Morgan fingerprint density at radius 1 is 0.212 bits per heavy atom. The molecule has 20 aromatic rings. The van der Waals surface area contributed by atoms with Gasteiger partial charge in [0.05, 0.1) is 11.4 Å². The van der Waals surface area contributed by atoms with Gasteiger partial charge >= 0.3 is 0 Å². The van der Waals surface area contributed by atoms with E-state index < -0.39 is 13.7 Å². The fraction of sp³-hybridized carbons (Fsp3) is 0.0667. The number of rotatable bonds is 13. The average Bonchev–Trinajstić information content (AvgIpc) is 0.823. The van der Waals surface area contributed by atoms with E-state index in [0.717, 1.165) is 106 Å². The quantitative estimate of drug-likeness (QED) is 0.105. The predicted molar refractivity (Wildman–Crippen MR) is 523 cm³/mol. The fourth-order valence-electron chi connectivity index (χ4n) is 12.7. The van der Waals surface area contributed by atoms with Crippen molar-refractivity contribution in [2.45, 2.75) is 54.2 Å².